The highest BCUT2D eigenvalue weighted by Gasteiger charge is 2.06. The van der Waals surface area contributed by atoms with Gasteiger partial charge >= 0.3 is 0 Å². The summed E-state index contributed by atoms with van der Waals surface area (Å²) < 4.78 is 1.10. The molecule has 0 radical (unpaired) electrons. The molecule has 1 heterocycles. The van der Waals surface area contributed by atoms with Gasteiger partial charge in [-0.05, 0) is 6.07 Å². The minimum atomic E-state index is 0.651. The van der Waals surface area contributed by atoms with E-state index in [1.165, 1.54) is 17.6 Å². The Labute approximate surface area is 84.1 Å². The summed E-state index contributed by atoms with van der Waals surface area (Å²) in [5.74, 6) is 0. The van der Waals surface area contributed by atoms with Crippen LogP contribution in [0.15, 0.2) is 29.4 Å². The second-order valence-electron chi connectivity index (χ2n) is 2.52. The van der Waals surface area contributed by atoms with Crippen LogP contribution in [0.1, 0.15) is 4.88 Å². The van der Waals surface area contributed by atoms with Crippen molar-refractivity contribution in [3.8, 4) is 0 Å². The molecule has 1 N–H and O–H groups in total. The average molecular weight is 212 g/mol. The Hall–Kier alpha value is -1.06. The lowest BCUT2D eigenvalue weighted by Crippen LogP contribution is -1.72. The van der Waals surface area contributed by atoms with Gasteiger partial charge < -0.3 is 5.21 Å². The van der Waals surface area contributed by atoms with E-state index in [4.69, 9.17) is 16.8 Å². The van der Waals surface area contributed by atoms with Gasteiger partial charge in [-0.1, -0.05) is 35.0 Å². The fourth-order valence-corrected chi connectivity index (χ4v) is 2.52. The molecule has 0 spiro atoms. The van der Waals surface area contributed by atoms with Gasteiger partial charge in [0.1, 0.15) is 0 Å². The summed E-state index contributed by atoms with van der Waals surface area (Å²) in [6, 6.07) is 7.82. The van der Waals surface area contributed by atoms with E-state index in [-0.39, 0.29) is 0 Å². The lowest BCUT2D eigenvalue weighted by molar-refractivity contribution is 0.322. The molecule has 1 aromatic heterocycles. The minimum absolute atomic E-state index is 0.651. The van der Waals surface area contributed by atoms with E-state index in [1.807, 2.05) is 24.3 Å². The van der Waals surface area contributed by atoms with Gasteiger partial charge in [-0.15, -0.1) is 11.3 Å². The number of nitrogens with zero attached hydrogens (tertiary/aromatic N) is 1. The van der Waals surface area contributed by atoms with Crippen molar-refractivity contribution >= 4 is 39.2 Å². The molecule has 0 amide bonds. The third-order valence-electron chi connectivity index (χ3n) is 1.73. The van der Waals surface area contributed by atoms with Crippen molar-refractivity contribution in [2.24, 2.45) is 5.16 Å². The van der Waals surface area contributed by atoms with Crippen LogP contribution in [-0.2, 0) is 0 Å². The second-order valence-corrected chi connectivity index (χ2v) is 3.98. The van der Waals surface area contributed by atoms with Gasteiger partial charge in [0.25, 0.3) is 0 Å². The zero-order valence-electron chi connectivity index (χ0n) is 6.57. The van der Waals surface area contributed by atoms with Crippen molar-refractivity contribution in [2.45, 2.75) is 0 Å². The van der Waals surface area contributed by atoms with Gasteiger partial charge in [0.15, 0.2) is 0 Å². The van der Waals surface area contributed by atoms with Gasteiger partial charge in [-0.25, -0.2) is 0 Å². The normalized spacial score (nSPS) is 11.5. The predicted molar refractivity (Wildman–Crippen MR) is 56.2 cm³/mol. The molecule has 66 valence electrons. The molecule has 0 unspecified atom stereocenters. The molecule has 0 aliphatic carbocycles. The Morgan fingerprint density at radius 3 is 2.85 bits per heavy atom. The number of benzene rings is 1. The van der Waals surface area contributed by atoms with E-state index in [1.54, 1.807) is 0 Å². The first-order valence-corrected chi connectivity index (χ1v) is 4.87. The lowest BCUT2D eigenvalue weighted by Gasteiger charge is -1.86. The third kappa shape index (κ3) is 1.41. The van der Waals surface area contributed by atoms with Crippen LogP contribution < -0.4 is 0 Å². The van der Waals surface area contributed by atoms with Crippen molar-refractivity contribution < 1.29 is 5.21 Å². The number of oxime groups is 1. The van der Waals surface area contributed by atoms with Crippen LogP contribution in [0.5, 0.6) is 0 Å². The van der Waals surface area contributed by atoms with Crippen molar-refractivity contribution in [1.82, 2.24) is 0 Å². The van der Waals surface area contributed by atoms with Gasteiger partial charge in [0, 0.05) is 10.1 Å². The van der Waals surface area contributed by atoms with Crippen LogP contribution in [0.25, 0.3) is 10.1 Å². The summed E-state index contributed by atoms with van der Waals surface area (Å²) in [7, 11) is 0. The molecular weight excluding hydrogens is 206 g/mol. The Balaban J connectivity index is 2.73. The van der Waals surface area contributed by atoms with Crippen LogP contribution in [0, 0.1) is 0 Å². The van der Waals surface area contributed by atoms with Crippen LogP contribution in [-0.4, -0.2) is 11.4 Å². The van der Waals surface area contributed by atoms with Crippen LogP contribution in [0.4, 0.5) is 0 Å². The molecule has 1 aromatic carbocycles. The van der Waals surface area contributed by atoms with Crippen LogP contribution >= 0.6 is 22.9 Å². The number of rotatable bonds is 1. The van der Waals surface area contributed by atoms with E-state index in [0.717, 1.165) is 15.0 Å². The summed E-state index contributed by atoms with van der Waals surface area (Å²) in [4.78, 5) is 0.783. The van der Waals surface area contributed by atoms with Gasteiger partial charge in [0.05, 0.1) is 16.1 Å². The molecule has 2 rings (SSSR count). The maximum absolute atomic E-state index is 8.39. The minimum Gasteiger partial charge on any atom is -0.411 e. The first kappa shape index (κ1) is 8.53. The van der Waals surface area contributed by atoms with Crippen LogP contribution in [0.3, 0.4) is 0 Å². The highest BCUT2D eigenvalue weighted by atomic mass is 35.5. The quantitative estimate of drug-likeness (QED) is 0.438. The summed E-state index contributed by atoms with van der Waals surface area (Å²) in [5.41, 5.74) is 0. The first-order chi connectivity index (χ1) is 6.33. The molecule has 0 aliphatic heterocycles. The van der Waals surface area contributed by atoms with Crippen molar-refractivity contribution in [3.05, 3.63) is 34.2 Å². The Morgan fingerprint density at radius 1 is 1.38 bits per heavy atom. The SMILES string of the molecule is O/N=C/c1sc2ccccc2c1Cl. The molecule has 4 heteroatoms. The van der Waals surface area contributed by atoms with Gasteiger partial charge in [-0.2, -0.15) is 0 Å². The number of fused-ring (bicyclic) bond motifs is 1. The molecule has 2 nitrogen and oxygen atoms in total. The van der Waals surface area contributed by atoms with Crippen molar-refractivity contribution in [3.63, 3.8) is 0 Å². The van der Waals surface area contributed by atoms with Gasteiger partial charge in [0.2, 0.25) is 0 Å². The number of halogens is 1. The number of hydrogen-bond donors (Lipinski definition) is 1. The predicted octanol–water partition coefficient (Wildman–Crippen LogP) is 3.36. The maximum Gasteiger partial charge on any atom is 0.0849 e. The monoisotopic (exact) mass is 211 g/mol. The fraction of sp³-hybridized carbons (Fsp3) is 0. The Bertz CT molecular complexity index is 464. The molecule has 0 saturated heterocycles. The zero-order chi connectivity index (χ0) is 9.26. The van der Waals surface area contributed by atoms with Crippen LogP contribution in [0.2, 0.25) is 5.02 Å². The molecule has 0 aliphatic rings. The fourth-order valence-electron chi connectivity index (χ4n) is 1.17. The number of thiophene rings is 1. The second kappa shape index (κ2) is 3.36. The zero-order valence-corrected chi connectivity index (χ0v) is 8.14. The third-order valence-corrected chi connectivity index (χ3v) is 3.36. The molecule has 2 aromatic rings. The lowest BCUT2D eigenvalue weighted by atomic mass is 10.2. The summed E-state index contributed by atoms with van der Waals surface area (Å²) in [6.07, 6.45) is 1.35. The molecule has 0 atom stereocenters. The Morgan fingerprint density at radius 2 is 2.15 bits per heavy atom. The molecule has 0 bridgehead atoms. The van der Waals surface area contributed by atoms with Crippen molar-refractivity contribution in [2.75, 3.05) is 0 Å². The average Bonchev–Trinajstić information content (AvgIpc) is 2.46. The van der Waals surface area contributed by atoms with Gasteiger partial charge in [-0.3, -0.25) is 0 Å². The topological polar surface area (TPSA) is 32.6 Å². The summed E-state index contributed by atoms with van der Waals surface area (Å²) in [5, 5.41) is 13.0. The molecular formula is C9H6ClNOS. The van der Waals surface area contributed by atoms with E-state index in [2.05, 4.69) is 5.16 Å². The highest BCUT2D eigenvalue weighted by molar-refractivity contribution is 7.21. The maximum atomic E-state index is 8.39. The summed E-state index contributed by atoms with van der Waals surface area (Å²) in [6.45, 7) is 0. The van der Waals surface area contributed by atoms with E-state index in [0.29, 0.717) is 5.02 Å². The largest absolute Gasteiger partial charge is 0.411 e. The van der Waals surface area contributed by atoms with E-state index < -0.39 is 0 Å². The van der Waals surface area contributed by atoms with E-state index in [9.17, 15) is 0 Å². The molecule has 0 saturated carbocycles. The highest BCUT2D eigenvalue weighted by Crippen LogP contribution is 2.33. The Kier molecular flexibility index (Phi) is 2.20. The molecule has 13 heavy (non-hydrogen) atoms. The summed E-state index contributed by atoms with van der Waals surface area (Å²) >= 11 is 7.55. The van der Waals surface area contributed by atoms with Crippen molar-refractivity contribution in [1.29, 1.82) is 0 Å². The standard InChI is InChI=1S/C9H6ClNOS/c10-9-6-3-1-2-4-7(6)13-8(9)5-11-12/h1-5,12H/b11-5+. The smallest absolute Gasteiger partial charge is 0.0849 e. The first-order valence-electron chi connectivity index (χ1n) is 3.67. The molecule has 0 fully saturated rings. The number of hydrogen-bond acceptors (Lipinski definition) is 3. The van der Waals surface area contributed by atoms with E-state index >= 15 is 0 Å².